The van der Waals surface area contributed by atoms with E-state index in [0.29, 0.717) is 5.92 Å². The smallest absolute Gasteiger partial charge is 0.140 e. The van der Waals surface area contributed by atoms with Crippen molar-refractivity contribution in [1.82, 2.24) is 9.38 Å². The van der Waals surface area contributed by atoms with Gasteiger partial charge < -0.3 is 4.40 Å². The molecule has 0 spiro atoms. The molecule has 2 aromatic rings. The lowest BCUT2D eigenvalue weighted by atomic mass is 10.00. The van der Waals surface area contributed by atoms with Crippen LogP contribution in [-0.4, -0.2) is 9.38 Å². The van der Waals surface area contributed by atoms with E-state index in [4.69, 9.17) is 0 Å². The number of rotatable bonds is 1. The van der Waals surface area contributed by atoms with Gasteiger partial charge in [-0.05, 0) is 43.9 Å². The van der Waals surface area contributed by atoms with Gasteiger partial charge >= 0.3 is 0 Å². The highest BCUT2D eigenvalue weighted by Crippen LogP contribution is 2.23. The zero-order chi connectivity index (χ0) is 11.2. The molecule has 0 unspecified atom stereocenters. The van der Waals surface area contributed by atoms with E-state index < -0.39 is 0 Å². The van der Waals surface area contributed by atoms with E-state index in [1.807, 2.05) is 0 Å². The molecule has 15 heavy (non-hydrogen) atoms. The molecule has 0 saturated carbocycles. The Morgan fingerprint density at radius 1 is 1.20 bits per heavy atom. The fourth-order valence-electron chi connectivity index (χ4n) is 2.11. The summed E-state index contributed by atoms with van der Waals surface area (Å²) >= 11 is 0. The summed E-state index contributed by atoms with van der Waals surface area (Å²) in [4.78, 5) is 4.62. The Bertz CT molecular complexity index is 507. The van der Waals surface area contributed by atoms with Crippen LogP contribution < -0.4 is 0 Å². The summed E-state index contributed by atoms with van der Waals surface area (Å²) in [5.41, 5.74) is 6.18. The van der Waals surface area contributed by atoms with Gasteiger partial charge in [0.2, 0.25) is 0 Å². The van der Waals surface area contributed by atoms with E-state index in [1.165, 1.54) is 16.8 Å². The summed E-state index contributed by atoms with van der Waals surface area (Å²) < 4.78 is 2.18. The zero-order valence-corrected chi connectivity index (χ0v) is 10.1. The van der Waals surface area contributed by atoms with Crippen LogP contribution in [0.4, 0.5) is 0 Å². The third-order valence-electron chi connectivity index (χ3n) is 3.18. The van der Waals surface area contributed by atoms with Crippen molar-refractivity contribution in [3.8, 4) is 0 Å². The number of pyridine rings is 1. The monoisotopic (exact) mass is 202 g/mol. The van der Waals surface area contributed by atoms with Crippen LogP contribution >= 0.6 is 0 Å². The molecule has 0 atom stereocenters. The van der Waals surface area contributed by atoms with E-state index in [1.54, 1.807) is 0 Å². The highest BCUT2D eigenvalue weighted by Gasteiger charge is 2.11. The number of nitrogens with zero attached hydrogens (tertiary/aromatic N) is 2. The highest BCUT2D eigenvalue weighted by molar-refractivity contribution is 5.54. The molecular weight excluding hydrogens is 184 g/mol. The van der Waals surface area contributed by atoms with Crippen LogP contribution in [-0.2, 0) is 0 Å². The van der Waals surface area contributed by atoms with Crippen molar-refractivity contribution in [3.63, 3.8) is 0 Å². The summed E-state index contributed by atoms with van der Waals surface area (Å²) in [5, 5.41) is 0. The Kier molecular flexibility index (Phi) is 2.29. The van der Waals surface area contributed by atoms with Crippen molar-refractivity contribution >= 4 is 5.65 Å². The zero-order valence-electron chi connectivity index (χ0n) is 10.1. The maximum atomic E-state index is 4.62. The van der Waals surface area contributed by atoms with Crippen molar-refractivity contribution in [2.24, 2.45) is 0 Å². The molecule has 2 rings (SSSR count). The van der Waals surface area contributed by atoms with Crippen LogP contribution in [0.1, 0.15) is 42.3 Å². The normalized spacial score (nSPS) is 11.6. The SMILES string of the molecule is Cc1nc2c(C)c(C(C)C)ccn2c1C. The summed E-state index contributed by atoms with van der Waals surface area (Å²) in [5.74, 6) is 0.562. The Labute approximate surface area is 91.0 Å². The predicted molar refractivity (Wildman–Crippen MR) is 63.5 cm³/mol. The average Bonchev–Trinajstić information content (AvgIpc) is 2.45. The molecule has 0 radical (unpaired) electrons. The third kappa shape index (κ3) is 1.44. The molecule has 0 amide bonds. The average molecular weight is 202 g/mol. The second-order valence-electron chi connectivity index (χ2n) is 4.53. The lowest BCUT2D eigenvalue weighted by Crippen LogP contribution is -1.97. The molecule has 0 aromatic carbocycles. The molecule has 0 fully saturated rings. The maximum absolute atomic E-state index is 4.62. The first-order valence-corrected chi connectivity index (χ1v) is 5.47. The van der Waals surface area contributed by atoms with Crippen LogP contribution in [0.5, 0.6) is 0 Å². The molecule has 0 aliphatic heterocycles. The second kappa shape index (κ2) is 3.37. The summed E-state index contributed by atoms with van der Waals surface area (Å²) in [6, 6.07) is 2.21. The van der Waals surface area contributed by atoms with Gasteiger partial charge in [0.05, 0.1) is 5.69 Å². The minimum atomic E-state index is 0.562. The molecule has 0 aliphatic carbocycles. The van der Waals surface area contributed by atoms with E-state index in [-0.39, 0.29) is 0 Å². The molecule has 2 heterocycles. The van der Waals surface area contributed by atoms with Gasteiger partial charge in [-0.3, -0.25) is 0 Å². The lowest BCUT2D eigenvalue weighted by molar-refractivity contribution is 0.851. The molecule has 2 nitrogen and oxygen atoms in total. The first kappa shape index (κ1) is 10.2. The Hall–Kier alpha value is -1.31. The summed E-state index contributed by atoms with van der Waals surface area (Å²) in [6.07, 6.45) is 2.13. The first-order chi connectivity index (χ1) is 7.02. The Balaban J connectivity index is 2.80. The van der Waals surface area contributed by atoms with Gasteiger partial charge in [-0.2, -0.15) is 0 Å². The van der Waals surface area contributed by atoms with Gasteiger partial charge in [-0.1, -0.05) is 13.8 Å². The fourth-order valence-corrected chi connectivity index (χ4v) is 2.11. The number of aromatic nitrogens is 2. The van der Waals surface area contributed by atoms with Crippen LogP contribution in [0.15, 0.2) is 12.3 Å². The lowest BCUT2D eigenvalue weighted by Gasteiger charge is -2.10. The largest absolute Gasteiger partial charge is 0.304 e. The van der Waals surface area contributed by atoms with Crippen molar-refractivity contribution in [1.29, 1.82) is 0 Å². The number of hydrogen-bond donors (Lipinski definition) is 0. The summed E-state index contributed by atoms with van der Waals surface area (Å²) in [6.45, 7) is 10.8. The molecule has 2 heteroatoms. The topological polar surface area (TPSA) is 17.3 Å². The van der Waals surface area contributed by atoms with Gasteiger partial charge in [-0.25, -0.2) is 4.98 Å². The van der Waals surface area contributed by atoms with Gasteiger partial charge in [0.1, 0.15) is 5.65 Å². The molecular formula is C13H18N2. The Morgan fingerprint density at radius 3 is 2.47 bits per heavy atom. The highest BCUT2D eigenvalue weighted by atomic mass is 15.0. The van der Waals surface area contributed by atoms with Crippen molar-refractivity contribution in [2.45, 2.75) is 40.5 Å². The molecule has 0 saturated heterocycles. The van der Waals surface area contributed by atoms with E-state index in [9.17, 15) is 0 Å². The molecule has 0 N–H and O–H groups in total. The fraction of sp³-hybridized carbons (Fsp3) is 0.462. The van der Waals surface area contributed by atoms with E-state index >= 15 is 0 Å². The standard InChI is InChI=1S/C13H18N2/c1-8(2)12-6-7-15-11(5)10(4)14-13(15)9(12)3/h6-8H,1-5H3. The van der Waals surface area contributed by atoms with Crippen molar-refractivity contribution in [3.05, 3.63) is 34.8 Å². The molecule has 0 aliphatic rings. The summed E-state index contributed by atoms with van der Waals surface area (Å²) in [7, 11) is 0. The minimum absolute atomic E-state index is 0.562. The quantitative estimate of drug-likeness (QED) is 0.693. The van der Waals surface area contributed by atoms with Crippen LogP contribution in [0, 0.1) is 20.8 Å². The van der Waals surface area contributed by atoms with Gasteiger partial charge in [0, 0.05) is 11.9 Å². The van der Waals surface area contributed by atoms with E-state index in [0.717, 1.165) is 11.3 Å². The number of fused-ring (bicyclic) bond motifs is 1. The second-order valence-corrected chi connectivity index (χ2v) is 4.53. The number of hydrogen-bond acceptors (Lipinski definition) is 1. The van der Waals surface area contributed by atoms with Crippen molar-refractivity contribution < 1.29 is 0 Å². The third-order valence-corrected chi connectivity index (χ3v) is 3.18. The molecule has 0 bridgehead atoms. The van der Waals surface area contributed by atoms with Gasteiger partial charge in [-0.15, -0.1) is 0 Å². The van der Waals surface area contributed by atoms with Crippen molar-refractivity contribution in [2.75, 3.05) is 0 Å². The van der Waals surface area contributed by atoms with Crippen LogP contribution in [0.25, 0.3) is 5.65 Å². The number of aryl methyl sites for hydroxylation is 3. The first-order valence-electron chi connectivity index (χ1n) is 5.47. The van der Waals surface area contributed by atoms with Gasteiger partial charge in [0.15, 0.2) is 0 Å². The van der Waals surface area contributed by atoms with Crippen LogP contribution in [0.3, 0.4) is 0 Å². The minimum Gasteiger partial charge on any atom is -0.304 e. The van der Waals surface area contributed by atoms with E-state index in [2.05, 4.69) is 56.3 Å². The van der Waals surface area contributed by atoms with Gasteiger partial charge in [0.25, 0.3) is 0 Å². The predicted octanol–water partition coefficient (Wildman–Crippen LogP) is 3.38. The molecule has 80 valence electrons. The van der Waals surface area contributed by atoms with Crippen LogP contribution in [0.2, 0.25) is 0 Å². The maximum Gasteiger partial charge on any atom is 0.140 e. The Morgan fingerprint density at radius 2 is 1.87 bits per heavy atom. The number of imidazole rings is 1. The molecule has 2 aromatic heterocycles.